The third-order valence-corrected chi connectivity index (χ3v) is 3.68. The van der Waals surface area contributed by atoms with Crippen LogP contribution in [0, 0.1) is 13.8 Å². The smallest absolute Gasteiger partial charge is 0.131 e. The molecule has 0 aliphatic rings. The zero-order valence-corrected chi connectivity index (χ0v) is 13.5. The minimum Gasteiger partial charge on any atom is -0.370 e. The van der Waals surface area contributed by atoms with E-state index in [2.05, 4.69) is 62.3 Å². The summed E-state index contributed by atoms with van der Waals surface area (Å²) in [6.45, 7) is 9.56. The molecule has 3 nitrogen and oxygen atoms in total. The van der Waals surface area contributed by atoms with E-state index < -0.39 is 0 Å². The summed E-state index contributed by atoms with van der Waals surface area (Å²) in [7, 11) is 0. The van der Waals surface area contributed by atoms with Crippen LogP contribution >= 0.6 is 0 Å². The predicted molar refractivity (Wildman–Crippen MR) is 89.7 cm³/mol. The molecule has 112 valence electrons. The molecule has 1 aromatic carbocycles. The Morgan fingerprint density at radius 3 is 2.57 bits per heavy atom. The van der Waals surface area contributed by atoms with Crippen molar-refractivity contribution in [3.8, 4) is 11.3 Å². The van der Waals surface area contributed by atoms with Gasteiger partial charge in [-0.3, -0.25) is 0 Å². The van der Waals surface area contributed by atoms with Gasteiger partial charge in [0.15, 0.2) is 0 Å². The molecule has 0 aliphatic heterocycles. The minimum absolute atomic E-state index is 0.916. The van der Waals surface area contributed by atoms with Crippen LogP contribution in [0.5, 0.6) is 0 Å². The van der Waals surface area contributed by atoms with Gasteiger partial charge in [-0.15, -0.1) is 0 Å². The van der Waals surface area contributed by atoms with Gasteiger partial charge in [0.2, 0.25) is 0 Å². The summed E-state index contributed by atoms with van der Waals surface area (Å²) in [5.74, 6) is 1.86. The van der Waals surface area contributed by atoms with E-state index in [1.54, 1.807) is 0 Å². The predicted octanol–water partition coefficient (Wildman–Crippen LogP) is 4.53. The molecule has 0 amide bonds. The second kappa shape index (κ2) is 7.21. The number of nitrogens with zero attached hydrogens (tertiary/aromatic N) is 2. The van der Waals surface area contributed by atoms with Gasteiger partial charge in [0.05, 0.1) is 5.69 Å². The number of nitrogens with one attached hydrogen (secondary N) is 1. The average molecular weight is 283 g/mol. The Bertz CT molecular complexity index is 605. The first-order valence-electron chi connectivity index (χ1n) is 7.84. The molecule has 2 rings (SSSR count). The maximum absolute atomic E-state index is 4.75. The Balaban J connectivity index is 2.45. The lowest BCUT2D eigenvalue weighted by Gasteiger charge is -2.12. The first-order valence-corrected chi connectivity index (χ1v) is 7.84. The quantitative estimate of drug-likeness (QED) is 0.846. The fraction of sp³-hybridized carbons (Fsp3) is 0.444. The second-order valence-corrected chi connectivity index (χ2v) is 5.48. The molecule has 1 N–H and O–H groups in total. The first kappa shape index (κ1) is 15.5. The SMILES string of the molecule is CCCNc1cc(-c2cccc(C)c2C)nc(CCC)n1. The highest BCUT2D eigenvalue weighted by Crippen LogP contribution is 2.25. The average Bonchev–Trinajstić information content (AvgIpc) is 2.48. The Hall–Kier alpha value is -1.90. The molecular weight excluding hydrogens is 258 g/mol. The highest BCUT2D eigenvalue weighted by molar-refractivity contribution is 5.67. The molecule has 0 unspecified atom stereocenters. The van der Waals surface area contributed by atoms with Crippen LogP contribution < -0.4 is 5.32 Å². The molecule has 0 atom stereocenters. The van der Waals surface area contributed by atoms with Crippen LogP contribution in [-0.4, -0.2) is 16.5 Å². The highest BCUT2D eigenvalue weighted by Gasteiger charge is 2.09. The fourth-order valence-electron chi connectivity index (χ4n) is 2.34. The zero-order chi connectivity index (χ0) is 15.2. The second-order valence-electron chi connectivity index (χ2n) is 5.48. The molecule has 3 heteroatoms. The van der Waals surface area contributed by atoms with E-state index in [1.165, 1.54) is 16.7 Å². The van der Waals surface area contributed by atoms with Gasteiger partial charge in [0.25, 0.3) is 0 Å². The third kappa shape index (κ3) is 3.81. The molecule has 0 bridgehead atoms. The lowest BCUT2D eigenvalue weighted by atomic mass is 10.0. The summed E-state index contributed by atoms with van der Waals surface area (Å²) in [4.78, 5) is 9.37. The summed E-state index contributed by atoms with van der Waals surface area (Å²) in [5.41, 5.74) is 4.81. The Morgan fingerprint density at radius 2 is 1.86 bits per heavy atom. The van der Waals surface area contributed by atoms with Gasteiger partial charge >= 0.3 is 0 Å². The molecular formula is C18H25N3. The van der Waals surface area contributed by atoms with E-state index in [1.807, 2.05) is 0 Å². The zero-order valence-electron chi connectivity index (χ0n) is 13.5. The maximum Gasteiger partial charge on any atom is 0.131 e. The summed E-state index contributed by atoms with van der Waals surface area (Å²) in [5, 5.41) is 3.39. The normalized spacial score (nSPS) is 10.7. The van der Waals surface area contributed by atoms with E-state index >= 15 is 0 Å². The van der Waals surface area contributed by atoms with Crippen molar-refractivity contribution in [3.05, 3.63) is 41.2 Å². The summed E-state index contributed by atoms with van der Waals surface area (Å²) < 4.78 is 0. The lowest BCUT2D eigenvalue weighted by molar-refractivity contribution is 0.834. The Kier molecular flexibility index (Phi) is 5.32. The van der Waals surface area contributed by atoms with Crippen molar-refractivity contribution in [1.82, 2.24) is 9.97 Å². The van der Waals surface area contributed by atoms with Crippen molar-refractivity contribution < 1.29 is 0 Å². The van der Waals surface area contributed by atoms with Gasteiger partial charge in [-0.05, 0) is 37.8 Å². The van der Waals surface area contributed by atoms with E-state index in [0.717, 1.165) is 43.1 Å². The molecule has 0 aliphatic carbocycles. The van der Waals surface area contributed by atoms with Crippen LogP contribution in [0.2, 0.25) is 0 Å². The summed E-state index contributed by atoms with van der Waals surface area (Å²) >= 11 is 0. The lowest BCUT2D eigenvalue weighted by Crippen LogP contribution is -2.06. The summed E-state index contributed by atoms with van der Waals surface area (Å²) in [6.07, 6.45) is 3.06. The highest BCUT2D eigenvalue weighted by atomic mass is 15.0. The minimum atomic E-state index is 0.916. The third-order valence-electron chi connectivity index (χ3n) is 3.68. The van der Waals surface area contributed by atoms with Gasteiger partial charge < -0.3 is 5.32 Å². The maximum atomic E-state index is 4.75. The molecule has 0 spiro atoms. The van der Waals surface area contributed by atoms with Gasteiger partial charge in [0, 0.05) is 24.6 Å². The number of benzene rings is 1. The molecule has 1 aromatic heterocycles. The van der Waals surface area contributed by atoms with Crippen LogP contribution in [-0.2, 0) is 6.42 Å². The summed E-state index contributed by atoms with van der Waals surface area (Å²) in [6, 6.07) is 8.45. The van der Waals surface area contributed by atoms with E-state index in [-0.39, 0.29) is 0 Å². The van der Waals surface area contributed by atoms with Gasteiger partial charge in [-0.25, -0.2) is 9.97 Å². The topological polar surface area (TPSA) is 37.8 Å². The molecule has 0 saturated carbocycles. The van der Waals surface area contributed by atoms with Crippen molar-refractivity contribution >= 4 is 5.82 Å². The number of aryl methyl sites for hydroxylation is 2. The first-order chi connectivity index (χ1) is 10.2. The Labute approximate surface area is 127 Å². The monoisotopic (exact) mass is 283 g/mol. The van der Waals surface area contributed by atoms with Crippen molar-refractivity contribution in [2.75, 3.05) is 11.9 Å². The largest absolute Gasteiger partial charge is 0.370 e. The molecule has 1 heterocycles. The standard InChI is InChI=1S/C18H25N3/c1-5-8-17-20-16(12-18(21-17)19-11-6-2)15-10-7-9-13(3)14(15)4/h7,9-10,12H,5-6,8,11H2,1-4H3,(H,19,20,21). The molecule has 0 fully saturated rings. The number of aromatic nitrogens is 2. The van der Waals surface area contributed by atoms with Crippen LogP contribution in [0.1, 0.15) is 43.6 Å². The number of hydrogen-bond donors (Lipinski definition) is 1. The molecule has 2 aromatic rings. The van der Waals surface area contributed by atoms with Gasteiger partial charge in [0.1, 0.15) is 11.6 Å². The van der Waals surface area contributed by atoms with Gasteiger partial charge in [-0.1, -0.05) is 32.0 Å². The van der Waals surface area contributed by atoms with Gasteiger partial charge in [-0.2, -0.15) is 0 Å². The fourth-order valence-corrected chi connectivity index (χ4v) is 2.34. The van der Waals surface area contributed by atoms with Crippen LogP contribution in [0.15, 0.2) is 24.3 Å². The van der Waals surface area contributed by atoms with Crippen molar-refractivity contribution in [3.63, 3.8) is 0 Å². The van der Waals surface area contributed by atoms with Crippen molar-refractivity contribution in [2.24, 2.45) is 0 Å². The number of rotatable bonds is 6. The molecule has 21 heavy (non-hydrogen) atoms. The van der Waals surface area contributed by atoms with Crippen LogP contribution in [0.25, 0.3) is 11.3 Å². The number of hydrogen-bond acceptors (Lipinski definition) is 3. The molecule has 0 saturated heterocycles. The van der Waals surface area contributed by atoms with E-state index in [0.29, 0.717) is 0 Å². The van der Waals surface area contributed by atoms with E-state index in [4.69, 9.17) is 4.98 Å². The van der Waals surface area contributed by atoms with Crippen molar-refractivity contribution in [2.45, 2.75) is 47.0 Å². The number of anilines is 1. The van der Waals surface area contributed by atoms with Crippen LogP contribution in [0.3, 0.4) is 0 Å². The van der Waals surface area contributed by atoms with Crippen LogP contribution in [0.4, 0.5) is 5.82 Å². The van der Waals surface area contributed by atoms with E-state index in [9.17, 15) is 0 Å². The Morgan fingerprint density at radius 1 is 1.05 bits per heavy atom. The molecule has 0 radical (unpaired) electrons. The van der Waals surface area contributed by atoms with Crippen molar-refractivity contribution in [1.29, 1.82) is 0 Å².